The van der Waals surface area contributed by atoms with Crippen LogP contribution in [0.15, 0.2) is 10.2 Å². The predicted molar refractivity (Wildman–Crippen MR) is 60.6 cm³/mol. The molecule has 84 valence electrons. The Morgan fingerprint density at radius 2 is 2.00 bits per heavy atom. The fourth-order valence-electron chi connectivity index (χ4n) is 1.82. The van der Waals surface area contributed by atoms with Crippen molar-refractivity contribution in [1.29, 1.82) is 5.26 Å². The predicted octanol–water partition coefficient (Wildman–Crippen LogP) is 3.71. The van der Waals surface area contributed by atoms with E-state index in [0.717, 1.165) is 38.6 Å². The maximum Gasteiger partial charge on any atom is 0.167 e. The van der Waals surface area contributed by atoms with E-state index in [-0.39, 0.29) is 0 Å². The van der Waals surface area contributed by atoms with Crippen LogP contribution in [0.2, 0.25) is 0 Å². The van der Waals surface area contributed by atoms with Gasteiger partial charge in [0.1, 0.15) is 0 Å². The van der Waals surface area contributed by atoms with Gasteiger partial charge in [0.25, 0.3) is 0 Å². The highest BCUT2D eigenvalue weighted by Crippen LogP contribution is 2.31. The lowest BCUT2D eigenvalue weighted by molar-refractivity contribution is 0.351. The Morgan fingerprint density at radius 3 is 2.53 bits per heavy atom. The second-order valence-corrected chi connectivity index (χ2v) is 4.64. The van der Waals surface area contributed by atoms with E-state index in [1.165, 1.54) is 6.42 Å². The summed E-state index contributed by atoms with van der Waals surface area (Å²) in [7, 11) is 0. The zero-order chi connectivity index (χ0) is 11.1. The summed E-state index contributed by atoms with van der Waals surface area (Å²) in [5, 5.41) is 17.7. The van der Waals surface area contributed by atoms with Gasteiger partial charge in [-0.05, 0) is 31.6 Å². The van der Waals surface area contributed by atoms with E-state index in [1.54, 1.807) is 0 Å². The lowest BCUT2D eigenvalue weighted by atomic mass is 9.84. The van der Waals surface area contributed by atoms with Gasteiger partial charge in [0.05, 0.1) is 12.6 Å². The molecule has 0 aromatic carbocycles. The van der Waals surface area contributed by atoms with Gasteiger partial charge in [-0.1, -0.05) is 26.7 Å². The summed E-state index contributed by atoms with van der Waals surface area (Å²) < 4.78 is 0. The Labute approximate surface area is 92.6 Å². The number of hydrogen-bond donors (Lipinski definition) is 0. The van der Waals surface area contributed by atoms with Crippen LogP contribution >= 0.6 is 0 Å². The Balaban J connectivity index is 2.49. The zero-order valence-electron chi connectivity index (χ0n) is 9.87. The molecule has 0 aliphatic heterocycles. The zero-order valence-corrected chi connectivity index (χ0v) is 9.87. The number of rotatable bonds is 4. The van der Waals surface area contributed by atoms with Gasteiger partial charge in [-0.15, -0.1) is 0 Å². The van der Waals surface area contributed by atoms with Crippen LogP contribution in [0.3, 0.4) is 0 Å². The second kappa shape index (κ2) is 5.85. The van der Waals surface area contributed by atoms with Crippen molar-refractivity contribution in [3.05, 3.63) is 0 Å². The average Bonchev–Trinajstić information content (AvgIpc) is 2.30. The Kier molecular flexibility index (Phi) is 4.74. The van der Waals surface area contributed by atoms with E-state index in [4.69, 9.17) is 5.26 Å². The minimum atomic E-state index is -0.480. The first kappa shape index (κ1) is 12.2. The first-order valence-corrected chi connectivity index (χ1v) is 6.02. The second-order valence-electron chi connectivity index (χ2n) is 4.64. The fraction of sp³-hybridized carbons (Fsp3) is 0.917. The van der Waals surface area contributed by atoms with Crippen LogP contribution in [0.1, 0.15) is 52.4 Å². The van der Waals surface area contributed by atoms with Crippen LogP contribution in [0.25, 0.3) is 0 Å². The summed E-state index contributed by atoms with van der Waals surface area (Å²) in [5.41, 5.74) is -0.480. The first-order valence-electron chi connectivity index (χ1n) is 6.02. The van der Waals surface area contributed by atoms with Crippen LogP contribution in [-0.2, 0) is 0 Å². The van der Waals surface area contributed by atoms with Crippen molar-refractivity contribution < 1.29 is 0 Å². The molecule has 0 N–H and O–H groups in total. The summed E-state index contributed by atoms with van der Waals surface area (Å²) >= 11 is 0. The van der Waals surface area contributed by atoms with E-state index >= 15 is 0 Å². The molecule has 15 heavy (non-hydrogen) atoms. The summed E-state index contributed by atoms with van der Waals surface area (Å²) in [4.78, 5) is 0. The molecule has 1 atom stereocenters. The van der Waals surface area contributed by atoms with Gasteiger partial charge in [0, 0.05) is 0 Å². The Bertz CT molecular complexity index is 246. The van der Waals surface area contributed by atoms with Crippen LogP contribution in [0.4, 0.5) is 0 Å². The quantitative estimate of drug-likeness (QED) is 0.648. The molecule has 0 aromatic heterocycles. The molecule has 3 nitrogen and oxygen atoms in total. The number of nitrogens with zero attached hydrogens (tertiary/aromatic N) is 3. The van der Waals surface area contributed by atoms with E-state index in [1.807, 2.05) is 0 Å². The van der Waals surface area contributed by atoms with Gasteiger partial charge in [-0.2, -0.15) is 15.5 Å². The van der Waals surface area contributed by atoms with Gasteiger partial charge < -0.3 is 0 Å². The third kappa shape index (κ3) is 3.62. The molecule has 0 radical (unpaired) electrons. The Hall–Kier alpha value is -0.910. The SMILES string of the molecule is CCC(C)CN=NC1(C#N)CCCCC1. The minimum absolute atomic E-state index is 0.480. The lowest BCUT2D eigenvalue weighted by Crippen LogP contribution is -2.26. The number of nitriles is 1. The van der Waals surface area contributed by atoms with Crippen LogP contribution < -0.4 is 0 Å². The highest BCUT2D eigenvalue weighted by Gasteiger charge is 2.31. The van der Waals surface area contributed by atoms with Gasteiger partial charge >= 0.3 is 0 Å². The molecule has 0 amide bonds. The molecular weight excluding hydrogens is 186 g/mol. The topological polar surface area (TPSA) is 48.5 Å². The van der Waals surface area contributed by atoms with Crippen LogP contribution in [0.5, 0.6) is 0 Å². The first-order chi connectivity index (χ1) is 7.22. The molecule has 1 aliphatic rings. The van der Waals surface area contributed by atoms with Crippen molar-refractivity contribution in [3.8, 4) is 6.07 Å². The van der Waals surface area contributed by atoms with Crippen molar-refractivity contribution in [1.82, 2.24) is 0 Å². The Morgan fingerprint density at radius 1 is 1.33 bits per heavy atom. The van der Waals surface area contributed by atoms with Gasteiger partial charge in [-0.25, -0.2) is 0 Å². The van der Waals surface area contributed by atoms with Crippen molar-refractivity contribution in [2.45, 2.75) is 57.9 Å². The van der Waals surface area contributed by atoms with Crippen molar-refractivity contribution in [2.24, 2.45) is 16.1 Å². The maximum atomic E-state index is 9.16. The monoisotopic (exact) mass is 207 g/mol. The molecule has 0 spiro atoms. The summed E-state index contributed by atoms with van der Waals surface area (Å²) in [6.07, 6.45) is 6.40. The van der Waals surface area contributed by atoms with E-state index < -0.39 is 5.54 Å². The van der Waals surface area contributed by atoms with Crippen LogP contribution in [0, 0.1) is 17.2 Å². The third-order valence-corrected chi connectivity index (χ3v) is 3.24. The molecule has 1 aliphatic carbocycles. The molecule has 0 saturated heterocycles. The van der Waals surface area contributed by atoms with E-state index in [9.17, 15) is 0 Å². The number of azo groups is 1. The number of hydrogen-bond acceptors (Lipinski definition) is 3. The molecule has 0 bridgehead atoms. The van der Waals surface area contributed by atoms with Crippen molar-refractivity contribution in [2.75, 3.05) is 6.54 Å². The minimum Gasteiger partial charge on any atom is -0.196 e. The molecule has 1 fully saturated rings. The standard InChI is InChI=1S/C12H21N3/c1-3-11(2)9-14-15-12(10-13)7-5-4-6-8-12/h11H,3-9H2,1-2H3. The largest absolute Gasteiger partial charge is 0.196 e. The molecule has 3 heteroatoms. The summed E-state index contributed by atoms with van der Waals surface area (Å²) in [5.74, 6) is 0.577. The average molecular weight is 207 g/mol. The van der Waals surface area contributed by atoms with Gasteiger partial charge in [0.15, 0.2) is 5.54 Å². The molecular formula is C12H21N3. The van der Waals surface area contributed by atoms with Crippen molar-refractivity contribution >= 4 is 0 Å². The summed E-state index contributed by atoms with van der Waals surface area (Å²) in [6.45, 7) is 5.08. The molecule has 1 saturated carbocycles. The smallest absolute Gasteiger partial charge is 0.167 e. The lowest BCUT2D eigenvalue weighted by Gasteiger charge is -2.25. The molecule has 0 aromatic rings. The van der Waals surface area contributed by atoms with Gasteiger partial charge in [0.2, 0.25) is 0 Å². The van der Waals surface area contributed by atoms with Gasteiger partial charge in [-0.3, -0.25) is 0 Å². The highest BCUT2D eigenvalue weighted by molar-refractivity contribution is 5.07. The normalized spacial score (nSPS) is 22.5. The summed E-state index contributed by atoms with van der Waals surface area (Å²) in [6, 6.07) is 2.35. The third-order valence-electron chi connectivity index (χ3n) is 3.24. The van der Waals surface area contributed by atoms with E-state index in [2.05, 4.69) is 30.1 Å². The van der Waals surface area contributed by atoms with E-state index in [0.29, 0.717) is 5.92 Å². The maximum absolute atomic E-state index is 9.16. The molecule has 0 heterocycles. The highest BCUT2D eigenvalue weighted by atomic mass is 15.1. The molecule has 1 rings (SSSR count). The molecule has 1 unspecified atom stereocenters. The van der Waals surface area contributed by atoms with Crippen molar-refractivity contribution in [3.63, 3.8) is 0 Å². The van der Waals surface area contributed by atoms with Crippen LogP contribution in [-0.4, -0.2) is 12.1 Å². The fourth-order valence-corrected chi connectivity index (χ4v) is 1.82.